The number of likely N-dealkylation sites (N-methyl/N-ethyl adjacent to an activating group) is 1. The van der Waals surface area contributed by atoms with Crippen molar-refractivity contribution in [2.45, 2.75) is 322 Å². The van der Waals surface area contributed by atoms with Gasteiger partial charge in [0.2, 0.25) is 5.91 Å². The van der Waals surface area contributed by atoms with Crippen LogP contribution in [0.2, 0.25) is 0 Å². The van der Waals surface area contributed by atoms with Crippen LogP contribution in [0.4, 0.5) is 0 Å². The quantitative estimate of drug-likeness (QED) is 0.0205. The van der Waals surface area contributed by atoms with E-state index in [1.807, 2.05) is 33.3 Å². The van der Waals surface area contributed by atoms with Gasteiger partial charge in [-0.2, -0.15) is 0 Å². The molecule has 0 saturated heterocycles. The molecular formula is C66H126N2O7P+. The van der Waals surface area contributed by atoms with E-state index in [9.17, 15) is 19.0 Å². The summed E-state index contributed by atoms with van der Waals surface area (Å²) in [6, 6.07) is -0.850. The Morgan fingerprint density at radius 1 is 0.461 bits per heavy atom. The van der Waals surface area contributed by atoms with Crippen molar-refractivity contribution in [2.24, 2.45) is 0 Å². The van der Waals surface area contributed by atoms with Crippen molar-refractivity contribution in [3.05, 3.63) is 48.6 Å². The summed E-state index contributed by atoms with van der Waals surface area (Å²) in [6.45, 7) is 7.01. The molecule has 446 valence electrons. The predicted octanol–water partition coefficient (Wildman–Crippen LogP) is 20.1. The molecule has 3 unspecified atom stereocenters. The summed E-state index contributed by atoms with van der Waals surface area (Å²) in [5.74, 6) is -0.502. The van der Waals surface area contributed by atoms with Crippen LogP contribution in [0.3, 0.4) is 0 Å². The summed E-state index contributed by atoms with van der Waals surface area (Å²) in [5.41, 5.74) is 0. The number of amides is 1. The Balaban J connectivity index is 5.20. The molecule has 3 atom stereocenters. The molecule has 2 N–H and O–H groups in total. The molecule has 0 spiro atoms. The van der Waals surface area contributed by atoms with Crippen molar-refractivity contribution in [1.29, 1.82) is 0 Å². The molecule has 9 nitrogen and oxygen atoms in total. The number of carbonyl (C=O) groups is 2. The Kier molecular flexibility index (Phi) is 54.7. The van der Waals surface area contributed by atoms with Crippen LogP contribution in [-0.4, -0.2) is 74.3 Å². The maximum Gasteiger partial charge on any atom is 0.472 e. The lowest BCUT2D eigenvalue weighted by Gasteiger charge is -2.27. The molecular weight excluding hydrogens is 964 g/mol. The summed E-state index contributed by atoms with van der Waals surface area (Å²) >= 11 is 0. The maximum absolute atomic E-state index is 13.6. The first-order valence-corrected chi connectivity index (χ1v) is 34.0. The number of allylic oxidation sites excluding steroid dienone is 7. The second-order valence-electron chi connectivity index (χ2n) is 23.3. The topological polar surface area (TPSA) is 111 Å². The highest BCUT2D eigenvalue weighted by atomic mass is 31.2. The zero-order chi connectivity index (χ0) is 55.7. The molecule has 0 aromatic rings. The third-order valence-corrected chi connectivity index (χ3v) is 15.5. The van der Waals surface area contributed by atoms with Crippen LogP contribution in [0.1, 0.15) is 310 Å². The van der Waals surface area contributed by atoms with Gasteiger partial charge in [0.15, 0.2) is 0 Å². The van der Waals surface area contributed by atoms with Gasteiger partial charge in [-0.1, -0.05) is 256 Å². The highest BCUT2D eigenvalue weighted by Crippen LogP contribution is 2.43. The first-order valence-electron chi connectivity index (χ1n) is 32.5. The van der Waals surface area contributed by atoms with Gasteiger partial charge in [-0.25, -0.2) is 4.57 Å². The molecule has 0 aliphatic carbocycles. The molecule has 0 radical (unpaired) electrons. The number of unbranched alkanes of at least 4 members (excludes halogenated alkanes) is 37. The number of hydrogen-bond acceptors (Lipinski definition) is 6. The number of hydrogen-bond donors (Lipinski definition) is 2. The average Bonchev–Trinajstić information content (AvgIpc) is 3.38. The van der Waals surface area contributed by atoms with Gasteiger partial charge in [0.05, 0.1) is 33.8 Å². The molecule has 0 fully saturated rings. The summed E-state index contributed by atoms with van der Waals surface area (Å²) in [5, 5.41) is 3.06. The molecule has 0 saturated carbocycles. The SMILES string of the molecule is CCCCC/C=C\C/C=C\CCCCCCCCCCCC(=O)NC(COP(=O)(O)OCC[N+](C)(C)C)C(/C=C/CCCCCCCCCCCC)OC(=O)CCCCCCCCCCC/C=C/CCCCCCCC. The number of ether oxygens (including phenoxy) is 1. The van der Waals surface area contributed by atoms with E-state index in [2.05, 4.69) is 62.5 Å². The minimum Gasteiger partial charge on any atom is -0.456 e. The molecule has 0 aromatic heterocycles. The minimum absolute atomic E-state index is 0.0396. The normalized spacial score (nSPS) is 13.9. The van der Waals surface area contributed by atoms with Crippen LogP contribution in [0.15, 0.2) is 48.6 Å². The van der Waals surface area contributed by atoms with Gasteiger partial charge >= 0.3 is 13.8 Å². The lowest BCUT2D eigenvalue weighted by Crippen LogP contribution is -2.47. The lowest BCUT2D eigenvalue weighted by molar-refractivity contribution is -0.870. The smallest absolute Gasteiger partial charge is 0.456 e. The number of phosphoric acid groups is 1. The van der Waals surface area contributed by atoms with Gasteiger partial charge < -0.3 is 19.4 Å². The van der Waals surface area contributed by atoms with E-state index in [1.54, 1.807) is 0 Å². The lowest BCUT2D eigenvalue weighted by atomic mass is 10.0. The van der Waals surface area contributed by atoms with Crippen LogP contribution < -0.4 is 5.32 Å². The number of nitrogens with zero attached hydrogens (tertiary/aromatic N) is 1. The fourth-order valence-corrected chi connectivity index (χ4v) is 10.2. The standard InChI is InChI=1S/C66H125N2O7P/c1-7-10-13-16-19-22-25-28-30-32-34-36-38-40-43-46-49-52-55-58-65(69)67-63(62-74-76(71,72)73-61-60-68(4,5)6)64(57-54-51-48-45-42-27-24-21-18-15-12-9-3)75-66(70)59-56-53-50-47-44-41-39-37-35-33-31-29-26-23-20-17-14-11-8-2/h19,22,28-31,54,57,63-64H,7-18,20-21,23-27,32-53,55-56,58-62H2,1-6H3,(H-,67,69,71,72)/p+1/b22-19-,30-28-,31-29+,57-54+. The maximum atomic E-state index is 13.6. The van der Waals surface area contributed by atoms with E-state index in [4.69, 9.17) is 13.8 Å². The van der Waals surface area contributed by atoms with Crippen LogP contribution in [0, 0.1) is 0 Å². The van der Waals surface area contributed by atoms with Gasteiger partial charge in [-0.15, -0.1) is 0 Å². The average molecular weight is 1090 g/mol. The zero-order valence-electron chi connectivity index (χ0n) is 51.0. The molecule has 0 rings (SSSR count). The fourth-order valence-electron chi connectivity index (χ4n) is 9.44. The first-order chi connectivity index (χ1) is 36.9. The van der Waals surface area contributed by atoms with Gasteiger partial charge in [0.25, 0.3) is 0 Å². The van der Waals surface area contributed by atoms with Crippen molar-refractivity contribution >= 4 is 19.7 Å². The number of quaternary nitrogens is 1. The molecule has 0 bridgehead atoms. The number of phosphoric ester groups is 1. The van der Waals surface area contributed by atoms with Crippen molar-refractivity contribution in [3.63, 3.8) is 0 Å². The highest BCUT2D eigenvalue weighted by molar-refractivity contribution is 7.47. The summed E-state index contributed by atoms with van der Waals surface area (Å²) < 4.78 is 30.7. The molecule has 1 amide bonds. The molecule has 76 heavy (non-hydrogen) atoms. The van der Waals surface area contributed by atoms with Crippen LogP contribution in [-0.2, 0) is 27.9 Å². The van der Waals surface area contributed by atoms with Gasteiger partial charge in [-0.05, 0) is 89.5 Å². The number of nitrogens with one attached hydrogen (secondary N) is 1. The number of rotatable bonds is 59. The molecule has 0 aliphatic rings. The van der Waals surface area contributed by atoms with E-state index < -0.39 is 20.0 Å². The Morgan fingerprint density at radius 3 is 1.22 bits per heavy atom. The second-order valence-corrected chi connectivity index (χ2v) is 24.7. The van der Waals surface area contributed by atoms with Crippen molar-refractivity contribution < 1.29 is 37.3 Å². The summed E-state index contributed by atoms with van der Waals surface area (Å²) in [6.07, 6.45) is 69.6. The Morgan fingerprint density at radius 2 is 0.803 bits per heavy atom. The van der Waals surface area contributed by atoms with Crippen LogP contribution in [0.5, 0.6) is 0 Å². The first kappa shape index (κ1) is 74.0. The van der Waals surface area contributed by atoms with Crippen molar-refractivity contribution in [1.82, 2.24) is 5.32 Å². The number of esters is 1. The second kappa shape index (κ2) is 56.3. The van der Waals surface area contributed by atoms with E-state index in [-0.39, 0.29) is 31.5 Å². The molecule has 0 aliphatic heterocycles. The molecule has 10 heteroatoms. The molecule has 0 aromatic carbocycles. The van der Waals surface area contributed by atoms with Crippen LogP contribution in [0.25, 0.3) is 0 Å². The summed E-state index contributed by atoms with van der Waals surface area (Å²) in [4.78, 5) is 37.8. The third kappa shape index (κ3) is 56.7. The van der Waals surface area contributed by atoms with E-state index in [1.165, 1.54) is 212 Å². The van der Waals surface area contributed by atoms with E-state index >= 15 is 0 Å². The predicted molar refractivity (Wildman–Crippen MR) is 328 cm³/mol. The van der Waals surface area contributed by atoms with Crippen LogP contribution >= 0.6 is 7.82 Å². The van der Waals surface area contributed by atoms with Crippen molar-refractivity contribution in [2.75, 3.05) is 40.9 Å². The van der Waals surface area contributed by atoms with E-state index in [0.717, 1.165) is 64.2 Å². The zero-order valence-corrected chi connectivity index (χ0v) is 51.9. The van der Waals surface area contributed by atoms with E-state index in [0.29, 0.717) is 17.4 Å². The highest BCUT2D eigenvalue weighted by Gasteiger charge is 2.30. The van der Waals surface area contributed by atoms with Gasteiger partial charge in [-0.3, -0.25) is 18.6 Å². The van der Waals surface area contributed by atoms with Gasteiger partial charge in [0.1, 0.15) is 19.3 Å². The Hall–Kier alpha value is -2.03. The largest absolute Gasteiger partial charge is 0.472 e. The number of carbonyl (C=O) groups excluding carboxylic acids is 2. The molecule has 0 heterocycles. The monoisotopic (exact) mass is 1090 g/mol. The summed E-state index contributed by atoms with van der Waals surface area (Å²) in [7, 11) is 1.50. The Bertz CT molecular complexity index is 1440. The minimum atomic E-state index is -4.45. The van der Waals surface area contributed by atoms with Crippen molar-refractivity contribution in [3.8, 4) is 0 Å². The van der Waals surface area contributed by atoms with Gasteiger partial charge in [0, 0.05) is 12.8 Å². The third-order valence-electron chi connectivity index (χ3n) is 14.5. The fraction of sp³-hybridized carbons (Fsp3) is 0.848. The Labute approximate surface area is 471 Å².